The molecule has 1 aliphatic rings. The molecule has 0 radical (unpaired) electrons. The topological polar surface area (TPSA) is 76.1 Å². The number of esters is 1. The minimum absolute atomic E-state index is 0.128. The molecule has 6 heteroatoms. The molecule has 1 aliphatic heterocycles. The van der Waals surface area contributed by atoms with Crippen LogP contribution in [0.25, 0.3) is 0 Å². The van der Waals surface area contributed by atoms with Crippen LogP contribution < -0.4 is 0 Å². The van der Waals surface area contributed by atoms with E-state index < -0.39 is 6.09 Å². The summed E-state index contributed by atoms with van der Waals surface area (Å²) in [5.41, 5.74) is 0.898. The summed E-state index contributed by atoms with van der Waals surface area (Å²) in [6.45, 7) is 1.52. The van der Waals surface area contributed by atoms with Gasteiger partial charge in [0.1, 0.15) is 13.2 Å². The Balaban J connectivity index is 2.00. The highest BCUT2D eigenvalue weighted by molar-refractivity contribution is 5.69. The molecular weight excluding hydrogens is 298 g/mol. The molecule has 0 spiro atoms. The average molecular weight is 321 g/mol. The summed E-state index contributed by atoms with van der Waals surface area (Å²) >= 11 is 0. The Hall–Kier alpha value is -2.08. The normalized spacial score (nSPS) is 20.9. The molecule has 0 saturated carbocycles. The van der Waals surface area contributed by atoms with E-state index in [0.29, 0.717) is 6.42 Å². The van der Waals surface area contributed by atoms with Crippen LogP contribution in [0.1, 0.15) is 31.7 Å². The van der Waals surface area contributed by atoms with Crippen LogP contribution in [0.3, 0.4) is 0 Å². The van der Waals surface area contributed by atoms with Crippen molar-refractivity contribution in [3.05, 3.63) is 35.9 Å². The van der Waals surface area contributed by atoms with Gasteiger partial charge >= 0.3 is 12.1 Å². The number of carbonyl (C=O) groups excluding carboxylic acids is 2. The summed E-state index contributed by atoms with van der Waals surface area (Å²) in [5.74, 6) is -0.381. The molecule has 6 nitrogen and oxygen atoms in total. The summed E-state index contributed by atoms with van der Waals surface area (Å²) in [4.78, 5) is 25.0. The van der Waals surface area contributed by atoms with E-state index >= 15 is 0 Å². The van der Waals surface area contributed by atoms with E-state index in [-0.39, 0.29) is 37.9 Å². The van der Waals surface area contributed by atoms with Gasteiger partial charge in [-0.3, -0.25) is 9.69 Å². The van der Waals surface area contributed by atoms with E-state index in [9.17, 15) is 14.7 Å². The van der Waals surface area contributed by atoms with Gasteiger partial charge in [0.15, 0.2) is 0 Å². The van der Waals surface area contributed by atoms with Gasteiger partial charge in [-0.1, -0.05) is 30.3 Å². The number of benzene rings is 1. The Morgan fingerprint density at radius 2 is 1.87 bits per heavy atom. The molecule has 1 aromatic carbocycles. The molecule has 1 heterocycles. The molecule has 2 rings (SSSR count). The number of nitrogens with zero attached hydrogens (tertiary/aromatic N) is 1. The van der Waals surface area contributed by atoms with Crippen LogP contribution in [0.15, 0.2) is 30.3 Å². The first-order valence-electron chi connectivity index (χ1n) is 7.85. The molecule has 2 atom stereocenters. The molecule has 1 fully saturated rings. The standard InChI is InChI=1S/C17H23NO5/c1-13(20)22-12-16-9-5-8-15(10-19)18(16)17(21)23-11-14-6-3-2-4-7-14/h2-4,6-7,15-16,19H,5,8-12H2,1H3/t15-,16+/m0/s1. The minimum atomic E-state index is -0.482. The van der Waals surface area contributed by atoms with E-state index in [1.807, 2.05) is 30.3 Å². The summed E-state index contributed by atoms with van der Waals surface area (Å²) in [5, 5.41) is 9.53. The van der Waals surface area contributed by atoms with E-state index in [1.54, 1.807) is 0 Å². The van der Waals surface area contributed by atoms with Gasteiger partial charge in [0.25, 0.3) is 0 Å². The van der Waals surface area contributed by atoms with Gasteiger partial charge in [0.05, 0.1) is 18.7 Å². The number of likely N-dealkylation sites (tertiary alicyclic amines) is 1. The summed E-state index contributed by atoms with van der Waals surface area (Å²) in [7, 11) is 0. The summed E-state index contributed by atoms with van der Waals surface area (Å²) in [6, 6.07) is 8.86. The second kappa shape index (κ2) is 8.53. The van der Waals surface area contributed by atoms with Crippen LogP contribution in [-0.4, -0.2) is 47.4 Å². The predicted octanol–water partition coefficient (Wildman–Crippen LogP) is 2.10. The van der Waals surface area contributed by atoms with Crippen LogP contribution in [-0.2, 0) is 20.9 Å². The van der Waals surface area contributed by atoms with Crippen molar-refractivity contribution < 1.29 is 24.2 Å². The van der Waals surface area contributed by atoms with Crippen molar-refractivity contribution in [2.75, 3.05) is 13.2 Å². The maximum Gasteiger partial charge on any atom is 0.410 e. The third-order valence-corrected chi connectivity index (χ3v) is 3.97. The van der Waals surface area contributed by atoms with Gasteiger partial charge in [-0.2, -0.15) is 0 Å². The van der Waals surface area contributed by atoms with E-state index in [0.717, 1.165) is 18.4 Å². The smallest absolute Gasteiger partial charge is 0.410 e. The highest BCUT2D eigenvalue weighted by atomic mass is 16.6. The fraction of sp³-hybridized carbons (Fsp3) is 0.529. The third kappa shape index (κ3) is 4.96. The lowest BCUT2D eigenvalue weighted by Crippen LogP contribution is -2.53. The number of ether oxygens (including phenoxy) is 2. The number of piperidine rings is 1. The first-order chi connectivity index (χ1) is 11.1. The van der Waals surface area contributed by atoms with Gasteiger partial charge in [-0.15, -0.1) is 0 Å². The van der Waals surface area contributed by atoms with Crippen molar-refractivity contribution in [2.45, 2.75) is 44.9 Å². The Labute approximate surface area is 136 Å². The van der Waals surface area contributed by atoms with Crippen LogP contribution in [0.4, 0.5) is 4.79 Å². The van der Waals surface area contributed by atoms with Gasteiger partial charge in [0, 0.05) is 6.92 Å². The SMILES string of the molecule is CC(=O)OC[C@H]1CCC[C@@H](CO)N1C(=O)OCc1ccccc1. The van der Waals surface area contributed by atoms with Crippen molar-refractivity contribution in [2.24, 2.45) is 0 Å². The van der Waals surface area contributed by atoms with Crippen molar-refractivity contribution in [1.29, 1.82) is 0 Å². The quantitative estimate of drug-likeness (QED) is 0.841. The maximum atomic E-state index is 12.4. The lowest BCUT2D eigenvalue weighted by molar-refractivity contribution is -0.143. The summed E-state index contributed by atoms with van der Waals surface area (Å²) < 4.78 is 10.4. The molecule has 1 N–H and O–H groups in total. The highest BCUT2D eigenvalue weighted by Crippen LogP contribution is 2.24. The Kier molecular flexibility index (Phi) is 6.40. The lowest BCUT2D eigenvalue weighted by Gasteiger charge is -2.40. The molecule has 126 valence electrons. The van der Waals surface area contributed by atoms with Crippen LogP contribution in [0.2, 0.25) is 0 Å². The van der Waals surface area contributed by atoms with Gasteiger partial charge in [-0.25, -0.2) is 4.79 Å². The van der Waals surface area contributed by atoms with Crippen molar-refractivity contribution in [1.82, 2.24) is 4.90 Å². The van der Waals surface area contributed by atoms with Crippen molar-refractivity contribution in [3.63, 3.8) is 0 Å². The number of aliphatic hydroxyl groups excluding tert-OH is 1. The average Bonchev–Trinajstić information content (AvgIpc) is 2.58. The van der Waals surface area contributed by atoms with E-state index in [4.69, 9.17) is 9.47 Å². The zero-order valence-corrected chi connectivity index (χ0v) is 13.3. The maximum absolute atomic E-state index is 12.4. The van der Waals surface area contributed by atoms with Gasteiger partial charge in [-0.05, 0) is 24.8 Å². The van der Waals surface area contributed by atoms with E-state index in [1.165, 1.54) is 11.8 Å². The first-order valence-corrected chi connectivity index (χ1v) is 7.85. The zero-order chi connectivity index (χ0) is 16.7. The molecule has 1 amide bonds. The molecule has 0 bridgehead atoms. The number of carbonyl (C=O) groups is 2. The number of rotatable bonds is 5. The predicted molar refractivity (Wildman–Crippen MR) is 83.6 cm³/mol. The van der Waals surface area contributed by atoms with Crippen molar-refractivity contribution >= 4 is 12.1 Å². The number of hydrogen-bond donors (Lipinski definition) is 1. The van der Waals surface area contributed by atoms with Crippen LogP contribution >= 0.6 is 0 Å². The molecule has 23 heavy (non-hydrogen) atoms. The fourth-order valence-electron chi connectivity index (χ4n) is 2.81. The van der Waals surface area contributed by atoms with Crippen LogP contribution in [0.5, 0.6) is 0 Å². The Bertz CT molecular complexity index is 519. The largest absolute Gasteiger partial charge is 0.464 e. The third-order valence-electron chi connectivity index (χ3n) is 3.97. The monoisotopic (exact) mass is 321 g/mol. The number of aliphatic hydroxyl groups is 1. The number of amides is 1. The molecule has 1 saturated heterocycles. The van der Waals surface area contributed by atoms with Crippen molar-refractivity contribution in [3.8, 4) is 0 Å². The second-order valence-corrected chi connectivity index (χ2v) is 5.67. The van der Waals surface area contributed by atoms with Gasteiger partial charge < -0.3 is 14.6 Å². The minimum Gasteiger partial charge on any atom is -0.464 e. The molecular formula is C17H23NO5. The summed E-state index contributed by atoms with van der Waals surface area (Å²) in [6.07, 6.45) is 1.84. The fourth-order valence-corrected chi connectivity index (χ4v) is 2.81. The zero-order valence-electron chi connectivity index (χ0n) is 13.3. The first kappa shape index (κ1) is 17.3. The second-order valence-electron chi connectivity index (χ2n) is 5.67. The molecule has 0 unspecified atom stereocenters. The molecule has 0 aliphatic carbocycles. The van der Waals surface area contributed by atoms with E-state index in [2.05, 4.69) is 0 Å². The van der Waals surface area contributed by atoms with Gasteiger partial charge in [0.2, 0.25) is 0 Å². The molecule has 0 aromatic heterocycles. The number of hydrogen-bond acceptors (Lipinski definition) is 5. The molecule has 1 aromatic rings. The Morgan fingerprint density at radius 3 is 2.52 bits per heavy atom. The highest BCUT2D eigenvalue weighted by Gasteiger charge is 2.35. The Morgan fingerprint density at radius 1 is 1.17 bits per heavy atom. The lowest BCUT2D eigenvalue weighted by atomic mass is 9.97. The van der Waals surface area contributed by atoms with Crippen LogP contribution in [0, 0.1) is 0 Å².